The zero-order valence-corrected chi connectivity index (χ0v) is 7.72. The SMILES string of the molecule is OC(CSc1ncccn1)C(F)(F)F. The Labute approximate surface area is 82.4 Å². The number of aliphatic hydroxyl groups excluding tert-OH is 1. The molecule has 0 aliphatic rings. The first-order chi connectivity index (χ1) is 6.50. The minimum absolute atomic E-state index is 0.218. The fourth-order valence-corrected chi connectivity index (χ4v) is 1.37. The van der Waals surface area contributed by atoms with Crippen molar-refractivity contribution in [2.45, 2.75) is 17.4 Å². The third-order valence-electron chi connectivity index (χ3n) is 1.29. The minimum Gasteiger partial charge on any atom is -0.383 e. The van der Waals surface area contributed by atoms with Gasteiger partial charge in [-0.2, -0.15) is 13.2 Å². The van der Waals surface area contributed by atoms with Gasteiger partial charge in [0.05, 0.1) is 0 Å². The molecule has 1 rings (SSSR count). The Kier molecular flexibility index (Phi) is 3.70. The molecule has 0 spiro atoms. The highest BCUT2D eigenvalue weighted by atomic mass is 32.2. The van der Waals surface area contributed by atoms with Crippen LogP contribution in [0.25, 0.3) is 0 Å². The lowest BCUT2D eigenvalue weighted by Gasteiger charge is -2.12. The Morgan fingerprint density at radius 1 is 1.36 bits per heavy atom. The molecule has 78 valence electrons. The Bertz CT molecular complexity index is 280. The van der Waals surface area contributed by atoms with Gasteiger partial charge < -0.3 is 5.11 Å². The first kappa shape index (κ1) is 11.3. The third-order valence-corrected chi connectivity index (χ3v) is 2.24. The average Bonchev–Trinajstić information content (AvgIpc) is 2.14. The minimum atomic E-state index is -4.58. The van der Waals surface area contributed by atoms with E-state index in [1.807, 2.05) is 0 Å². The van der Waals surface area contributed by atoms with Crippen LogP contribution in [-0.4, -0.2) is 33.1 Å². The zero-order chi connectivity index (χ0) is 10.6. The number of nitrogens with zero attached hydrogens (tertiary/aromatic N) is 2. The molecular weight excluding hydrogens is 217 g/mol. The number of aromatic nitrogens is 2. The quantitative estimate of drug-likeness (QED) is 0.624. The zero-order valence-electron chi connectivity index (χ0n) is 6.90. The molecule has 1 unspecified atom stereocenters. The maximum absolute atomic E-state index is 11.8. The molecule has 0 aliphatic heterocycles. The fraction of sp³-hybridized carbons (Fsp3) is 0.429. The van der Waals surface area contributed by atoms with Crippen LogP contribution in [0.4, 0.5) is 13.2 Å². The van der Waals surface area contributed by atoms with Crippen LogP contribution in [0, 0.1) is 0 Å². The summed E-state index contributed by atoms with van der Waals surface area (Å²) in [5.74, 6) is -0.493. The Balaban J connectivity index is 2.42. The van der Waals surface area contributed by atoms with Crippen molar-refractivity contribution in [3.63, 3.8) is 0 Å². The Morgan fingerprint density at radius 3 is 2.43 bits per heavy atom. The van der Waals surface area contributed by atoms with Crippen molar-refractivity contribution >= 4 is 11.8 Å². The van der Waals surface area contributed by atoms with Gasteiger partial charge in [-0.25, -0.2) is 9.97 Å². The smallest absolute Gasteiger partial charge is 0.383 e. The van der Waals surface area contributed by atoms with Crippen molar-refractivity contribution in [1.82, 2.24) is 9.97 Å². The highest BCUT2D eigenvalue weighted by molar-refractivity contribution is 7.99. The second-order valence-electron chi connectivity index (χ2n) is 2.40. The van der Waals surface area contributed by atoms with Crippen LogP contribution in [0.3, 0.4) is 0 Å². The standard InChI is InChI=1S/C7H7F3N2OS/c8-7(9,10)5(13)4-14-6-11-2-1-3-12-6/h1-3,5,13H,4H2. The largest absolute Gasteiger partial charge is 0.415 e. The average molecular weight is 224 g/mol. The van der Waals surface area contributed by atoms with Crippen molar-refractivity contribution in [1.29, 1.82) is 0 Å². The van der Waals surface area contributed by atoms with E-state index in [0.717, 1.165) is 11.8 Å². The topological polar surface area (TPSA) is 46.0 Å². The molecule has 1 aromatic rings. The van der Waals surface area contributed by atoms with E-state index in [2.05, 4.69) is 9.97 Å². The number of halogens is 3. The summed E-state index contributed by atoms with van der Waals surface area (Å²) in [6.45, 7) is 0. The predicted molar refractivity (Wildman–Crippen MR) is 44.8 cm³/mol. The van der Waals surface area contributed by atoms with Gasteiger partial charge in [0, 0.05) is 18.1 Å². The molecule has 14 heavy (non-hydrogen) atoms. The number of aliphatic hydroxyl groups is 1. The lowest BCUT2D eigenvalue weighted by Crippen LogP contribution is -2.30. The summed E-state index contributed by atoms with van der Waals surface area (Å²) in [6.07, 6.45) is -4.07. The summed E-state index contributed by atoms with van der Waals surface area (Å²) in [6, 6.07) is 1.56. The van der Waals surface area contributed by atoms with Gasteiger partial charge in [-0.15, -0.1) is 0 Å². The lowest BCUT2D eigenvalue weighted by atomic mass is 10.4. The van der Waals surface area contributed by atoms with Crippen LogP contribution in [0.15, 0.2) is 23.6 Å². The van der Waals surface area contributed by atoms with Crippen molar-refractivity contribution in [2.75, 3.05) is 5.75 Å². The molecule has 0 aliphatic carbocycles. The molecule has 7 heteroatoms. The van der Waals surface area contributed by atoms with Gasteiger partial charge in [0.25, 0.3) is 0 Å². The number of thioether (sulfide) groups is 1. The first-order valence-electron chi connectivity index (χ1n) is 3.65. The van der Waals surface area contributed by atoms with Crippen molar-refractivity contribution in [3.05, 3.63) is 18.5 Å². The maximum Gasteiger partial charge on any atom is 0.415 e. The second-order valence-corrected chi connectivity index (χ2v) is 3.39. The van der Waals surface area contributed by atoms with Crippen molar-refractivity contribution in [2.24, 2.45) is 0 Å². The van der Waals surface area contributed by atoms with Crippen LogP contribution in [0.5, 0.6) is 0 Å². The molecular formula is C7H7F3N2OS. The molecule has 0 radical (unpaired) electrons. The summed E-state index contributed by atoms with van der Waals surface area (Å²) < 4.78 is 35.5. The van der Waals surface area contributed by atoms with Crippen LogP contribution in [0.2, 0.25) is 0 Å². The highest BCUT2D eigenvalue weighted by Crippen LogP contribution is 2.24. The lowest BCUT2D eigenvalue weighted by molar-refractivity contribution is -0.195. The number of hydrogen-bond acceptors (Lipinski definition) is 4. The van der Waals surface area contributed by atoms with Gasteiger partial charge in [0.2, 0.25) is 0 Å². The van der Waals surface area contributed by atoms with Gasteiger partial charge in [-0.05, 0) is 6.07 Å². The van der Waals surface area contributed by atoms with Crippen molar-refractivity contribution in [3.8, 4) is 0 Å². The monoisotopic (exact) mass is 224 g/mol. The molecule has 1 atom stereocenters. The molecule has 0 saturated heterocycles. The predicted octanol–water partition coefficient (Wildman–Crippen LogP) is 1.49. The van der Waals surface area contributed by atoms with Gasteiger partial charge in [-0.3, -0.25) is 0 Å². The van der Waals surface area contributed by atoms with E-state index in [1.54, 1.807) is 6.07 Å². The van der Waals surface area contributed by atoms with Crippen LogP contribution in [-0.2, 0) is 0 Å². The number of hydrogen-bond donors (Lipinski definition) is 1. The van der Waals surface area contributed by atoms with E-state index in [9.17, 15) is 13.2 Å². The van der Waals surface area contributed by atoms with Crippen LogP contribution in [0.1, 0.15) is 0 Å². The summed E-state index contributed by atoms with van der Waals surface area (Å²) in [4.78, 5) is 7.41. The molecule has 1 aromatic heterocycles. The fourth-order valence-electron chi connectivity index (χ4n) is 0.608. The van der Waals surface area contributed by atoms with Gasteiger partial charge in [0.15, 0.2) is 11.3 Å². The Hall–Kier alpha value is -0.820. The summed E-state index contributed by atoms with van der Waals surface area (Å²) >= 11 is 0.763. The normalized spacial score (nSPS) is 14.0. The molecule has 0 fully saturated rings. The molecule has 0 aromatic carbocycles. The van der Waals surface area contributed by atoms with E-state index in [4.69, 9.17) is 5.11 Å². The molecule has 1 N–H and O–H groups in total. The number of rotatable bonds is 3. The Morgan fingerprint density at radius 2 is 1.93 bits per heavy atom. The maximum atomic E-state index is 11.8. The van der Waals surface area contributed by atoms with Crippen LogP contribution < -0.4 is 0 Å². The molecule has 0 amide bonds. The molecule has 0 bridgehead atoms. The van der Waals surface area contributed by atoms with Crippen molar-refractivity contribution < 1.29 is 18.3 Å². The van der Waals surface area contributed by atoms with Crippen LogP contribution >= 0.6 is 11.8 Å². The molecule has 1 heterocycles. The molecule has 3 nitrogen and oxygen atoms in total. The van der Waals surface area contributed by atoms with E-state index in [0.29, 0.717) is 0 Å². The summed E-state index contributed by atoms with van der Waals surface area (Å²) in [5.41, 5.74) is 0. The van der Waals surface area contributed by atoms with E-state index in [-0.39, 0.29) is 5.16 Å². The van der Waals surface area contributed by atoms with E-state index >= 15 is 0 Å². The molecule has 0 saturated carbocycles. The highest BCUT2D eigenvalue weighted by Gasteiger charge is 2.38. The van der Waals surface area contributed by atoms with E-state index in [1.165, 1.54) is 12.4 Å². The summed E-state index contributed by atoms with van der Waals surface area (Å²) in [5, 5.41) is 8.86. The third kappa shape index (κ3) is 3.51. The number of alkyl halides is 3. The first-order valence-corrected chi connectivity index (χ1v) is 4.63. The van der Waals surface area contributed by atoms with E-state index < -0.39 is 18.0 Å². The van der Waals surface area contributed by atoms with Gasteiger partial charge in [0.1, 0.15) is 0 Å². The van der Waals surface area contributed by atoms with Gasteiger partial charge in [-0.1, -0.05) is 11.8 Å². The van der Waals surface area contributed by atoms with Gasteiger partial charge >= 0.3 is 6.18 Å². The summed E-state index contributed by atoms with van der Waals surface area (Å²) in [7, 11) is 0. The second kappa shape index (κ2) is 4.61.